The van der Waals surface area contributed by atoms with Crippen LogP contribution in [-0.4, -0.2) is 32.6 Å². The summed E-state index contributed by atoms with van der Waals surface area (Å²) in [5.74, 6) is 0.787. The second-order valence-corrected chi connectivity index (χ2v) is 6.10. The highest BCUT2D eigenvalue weighted by Gasteiger charge is 2.37. The normalized spacial score (nSPS) is 19.3. The van der Waals surface area contributed by atoms with E-state index in [2.05, 4.69) is 0 Å². The Morgan fingerprint density at radius 2 is 2.00 bits per heavy atom. The molecular formula is C11H10N2O4S. The molecule has 0 aromatic heterocycles. The molecule has 1 fully saturated rings. The molecule has 0 N–H and O–H groups in total. The predicted octanol–water partition coefficient (Wildman–Crippen LogP) is 0.559. The molecule has 3 rings (SSSR count). The molecule has 2 heterocycles. The van der Waals surface area contributed by atoms with Crippen molar-refractivity contribution in [1.29, 1.82) is 5.26 Å². The van der Waals surface area contributed by atoms with Gasteiger partial charge in [-0.05, 0) is 12.1 Å². The minimum absolute atomic E-state index is 0.110. The molecule has 1 aromatic carbocycles. The number of ether oxygens (including phenoxy) is 2. The molecule has 0 atom stereocenters. The summed E-state index contributed by atoms with van der Waals surface area (Å²) in [5, 5.41) is 8.66. The van der Waals surface area contributed by atoms with Crippen LogP contribution >= 0.6 is 0 Å². The smallest absolute Gasteiger partial charge is 0.243 e. The van der Waals surface area contributed by atoms with Crippen molar-refractivity contribution in [2.24, 2.45) is 5.92 Å². The zero-order chi connectivity index (χ0) is 12.8. The zero-order valence-electron chi connectivity index (χ0n) is 9.37. The molecule has 0 saturated carbocycles. The summed E-state index contributed by atoms with van der Waals surface area (Å²) in [4.78, 5) is 0.170. The standard InChI is InChI=1S/C11H10N2O4S/c12-4-8-5-13(6-8)18(14,15)9-1-2-10-11(3-9)17-7-16-10/h1-3,8H,5-7H2. The molecule has 0 unspecified atom stereocenters. The van der Waals surface area contributed by atoms with E-state index >= 15 is 0 Å². The molecule has 7 heteroatoms. The van der Waals surface area contributed by atoms with Crippen LogP contribution in [-0.2, 0) is 10.0 Å². The summed E-state index contributed by atoms with van der Waals surface area (Å²) in [6.07, 6.45) is 0. The monoisotopic (exact) mass is 266 g/mol. The first kappa shape index (κ1) is 11.3. The number of rotatable bonds is 2. The largest absolute Gasteiger partial charge is 0.454 e. The van der Waals surface area contributed by atoms with Crippen LogP contribution in [0.1, 0.15) is 0 Å². The van der Waals surface area contributed by atoms with Crippen molar-refractivity contribution in [3.8, 4) is 17.6 Å². The Bertz CT molecular complexity index is 629. The van der Waals surface area contributed by atoms with Crippen LogP contribution in [0.25, 0.3) is 0 Å². The summed E-state index contributed by atoms with van der Waals surface area (Å²) in [5.41, 5.74) is 0. The average Bonchev–Trinajstić information content (AvgIpc) is 2.73. The van der Waals surface area contributed by atoms with E-state index in [4.69, 9.17) is 14.7 Å². The number of hydrogen-bond donors (Lipinski definition) is 0. The summed E-state index contributed by atoms with van der Waals surface area (Å²) >= 11 is 0. The number of sulfonamides is 1. The first-order valence-corrected chi connectivity index (χ1v) is 6.84. The Balaban J connectivity index is 1.89. The molecule has 0 amide bonds. The van der Waals surface area contributed by atoms with Gasteiger partial charge in [-0.15, -0.1) is 0 Å². The third-order valence-electron chi connectivity index (χ3n) is 3.01. The summed E-state index contributed by atoms with van der Waals surface area (Å²) < 4.78 is 36.0. The predicted molar refractivity (Wildman–Crippen MR) is 60.4 cm³/mol. The van der Waals surface area contributed by atoms with Crippen molar-refractivity contribution in [1.82, 2.24) is 4.31 Å². The van der Waals surface area contributed by atoms with E-state index < -0.39 is 10.0 Å². The first-order valence-electron chi connectivity index (χ1n) is 5.40. The van der Waals surface area contributed by atoms with E-state index in [1.165, 1.54) is 16.4 Å². The van der Waals surface area contributed by atoms with Gasteiger partial charge in [0.15, 0.2) is 11.5 Å². The van der Waals surface area contributed by atoms with Gasteiger partial charge < -0.3 is 9.47 Å². The zero-order valence-corrected chi connectivity index (χ0v) is 10.2. The molecule has 1 aromatic rings. The maximum absolute atomic E-state index is 12.2. The second-order valence-electron chi connectivity index (χ2n) is 4.16. The Morgan fingerprint density at radius 1 is 1.28 bits per heavy atom. The average molecular weight is 266 g/mol. The molecule has 2 aliphatic rings. The number of hydrogen-bond acceptors (Lipinski definition) is 5. The molecule has 6 nitrogen and oxygen atoms in total. The Hall–Kier alpha value is -1.78. The lowest BCUT2D eigenvalue weighted by atomic mass is 10.1. The first-order chi connectivity index (χ1) is 8.61. The van der Waals surface area contributed by atoms with Crippen molar-refractivity contribution in [3.05, 3.63) is 18.2 Å². The van der Waals surface area contributed by atoms with Crippen molar-refractivity contribution >= 4 is 10.0 Å². The minimum Gasteiger partial charge on any atom is -0.454 e. The van der Waals surface area contributed by atoms with Crippen LogP contribution in [0.3, 0.4) is 0 Å². The van der Waals surface area contributed by atoms with E-state index in [0.717, 1.165) is 0 Å². The highest BCUT2D eigenvalue weighted by molar-refractivity contribution is 7.89. The van der Waals surface area contributed by atoms with E-state index in [0.29, 0.717) is 11.5 Å². The molecule has 1 saturated heterocycles. The van der Waals surface area contributed by atoms with Gasteiger partial charge in [0.25, 0.3) is 0 Å². The van der Waals surface area contributed by atoms with Gasteiger partial charge >= 0.3 is 0 Å². The van der Waals surface area contributed by atoms with Crippen molar-refractivity contribution in [2.45, 2.75) is 4.90 Å². The second kappa shape index (κ2) is 3.86. The fraction of sp³-hybridized carbons (Fsp3) is 0.364. The third kappa shape index (κ3) is 1.62. The van der Waals surface area contributed by atoms with Gasteiger partial charge in [-0.2, -0.15) is 9.57 Å². The van der Waals surface area contributed by atoms with Crippen LogP contribution < -0.4 is 9.47 Å². The lowest BCUT2D eigenvalue weighted by Gasteiger charge is -2.33. The molecule has 0 radical (unpaired) electrons. The van der Waals surface area contributed by atoms with E-state index in [9.17, 15) is 8.42 Å². The molecule has 0 aliphatic carbocycles. The van der Waals surface area contributed by atoms with Crippen LogP contribution in [0.4, 0.5) is 0 Å². The Morgan fingerprint density at radius 3 is 2.72 bits per heavy atom. The quantitative estimate of drug-likeness (QED) is 0.781. The highest BCUT2D eigenvalue weighted by Crippen LogP contribution is 2.35. The van der Waals surface area contributed by atoms with Gasteiger partial charge in [-0.3, -0.25) is 0 Å². The van der Waals surface area contributed by atoms with Crippen molar-refractivity contribution in [2.75, 3.05) is 19.9 Å². The Labute approximate surface area is 104 Å². The number of nitrogens with zero attached hydrogens (tertiary/aromatic N) is 2. The van der Waals surface area contributed by atoms with Gasteiger partial charge in [0.1, 0.15) is 0 Å². The summed E-state index contributed by atoms with van der Waals surface area (Å²) in [6.45, 7) is 0.625. The maximum Gasteiger partial charge on any atom is 0.243 e. The molecule has 94 valence electrons. The maximum atomic E-state index is 12.2. The fourth-order valence-corrected chi connectivity index (χ4v) is 3.45. The molecule has 0 spiro atoms. The summed E-state index contributed by atoms with van der Waals surface area (Å²) in [6, 6.07) is 6.57. The van der Waals surface area contributed by atoms with Crippen LogP contribution in [0.5, 0.6) is 11.5 Å². The minimum atomic E-state index is -3.52. The number of nitriles is 1. The molecule has 2 aliphatic heterocycles. The highest BCUT2D eigenvalue weighted by atomic mass is 32.2. The number of fused-ring (bicyclic) bond motifs is 1. The topological polar surface area (TPSA) is 79.6 Å². The van der Waals surface area contributed by atoms with Gasteiger partial charge in [0.05, 0.1) is 16.9 Å². The molecular weight excluding hydrogens is 256 g/mol. The Kier molecular flexibility index (Phi) is 2.43. The van der Waals surface area contributed by atoms with Crippen LogP contribution in [0.2, 0.25) is 0 Å². The summed E-state index contributed by atoms with van der Waals surface area (Å²) in [7, 11) is -3.52. The van der Waals surface area contributed by atoms with Gasteiger partial charge in [-0.25, -0.2) is 8.42 Å². The van der Waals surface area contributed by atoms with E-state index in [1.807, 2.05) is 6.07 Å². The van der Waals surface area contributed by atoms with Crippen LogP contribution in [0.15, 0.2) is 23.1 Å². The van der Waals surface area contributed by atoms with Gasteiger partial charge in [0, 0.05) is 19.2 Å². The number of benzene rings is 1. The van der Waals surface area contributed by atoms with E-state index in [-0.39, 0.29) is 30.7 Å². The van der Waals surface area contributed by atoms with Crippen molar-refractivity contribution in [3.63, 3.8) is 0 Å². The van der Waals surface area contributed by atoms with Gasteiger partial charge in [-0.1, -0.05) is 0 Å². The van der Waals surface area contributed by atoms with Crippen molar-refractivity contribution < 1.29 is 17.9 Å². The van der Waals surface area contributed by atoms with Crippen LogP contribution in [0, 0.1) is 17.2 Å². The third-order valence-corrected chi connectivity index (χ3v) is 4.84. The molecule has 18 heavy (non-hydrogen) atoms. The van der Waals surface area contributed by atoms with E-state index in [1.54, 1.807) is 6.07 Å². The lowest BCUT2D eigenvalue weighted by molar-refractivity contribution is 0.174. The molecule has 0 bridgehead atoms. The SMILES string of the molecule is N#CC1CN(S(=O)(=O)c2ccc3c(c2)OCO3)C1. The fourth-order valence-electron chi connectivity index (χ4n) is 1.90. The lowest BCUT2D eigenvalue weighted by Crippen LogP contribution is -2.49. The van der Waals surface area contributed by atoms with Gasteiger partial charge in [0.2, 0.25) is 16.8 Å².